The molecule has 1 aliphatic rings. The predicted molar refractivity (Wildman–Crippen MR) is 88.6 cm³/mol. The predicted octanol–water partition coefficient (Wildman–Crippen LogP) is 3.04. The third-order valence-electron chi connectivity index (χ3n) is 4.48. The molecule has 2 aromatic carbocycles. The summed E-state index contributed by atoms with van der Waals surface area (Å²) in [5.41, 5.74) is 5.18. The Morgan fingerprint density at radius 2 is 2.00 bits per heavy atom. The minimum Gasteiger partial charge on any atom is -0.497 e. The molecule has 1 aromatic heterocycles. The van der Waals surface area contributed by atoms with Gasteiger partial charge in [-0.3, -0.25) is 0 Å². The number of quaternary nitrogens is 1. The summed E-state index contributed by atoms with van der Waals surface area (Å²) < 4.78 is 5.37. The first-order chi connectivity index (χ1) is 10.8. The van der Waals surface area contributed by atoms with Crippen LogP contribution >= 0.6 is 11.6 Å². The third-order valence-corrected chi connectivity index (χ3v) is 4.74. The number of H-pyrrole nitrogens is 1. The molecule has 1 atom stereocenters. The molecule has 0 unspecified atom stereocenters. The van der Waals surface area contributed by atoms with Crippen molar-refractivity contribution < 1.29 is 10.1 Å². The zero-order valence-corrected chi connectivity index (χ0v) is 13.2. The van der Waals surface area contributed by atoms with Crippen LogP contribution in [0.5, 0.6) is 5.75 Å². The largest absolute Gasteiger partial charge is 0.497 e. The monoisotopic (exact) mass is 313 g/mol. The lowest BCUT2D eigenvalue weighted by molar-refractivity contribution is -0.690. The van der Waals surface area contributed by atoms with Crippen LogP contribution in [0.15, 0.2) is 42.5 Å². The molecule has 1 aliphatic heterocycles. The summed E-state index contributed by atoms with van der Waals surface area (Å²) in [6.45, 7) is 1.09. The molecule has 0 radical (unpaired) electrons. The van der Waals surface area contributed by atoms with E-state index in [-0.39, 0.29) is 0 Å². The fraction of sp³-hybridized carbons (Fsp3) is 0.222. The van der Waals surface area contributed by atoms with Crippen molar-refractivity contribution in [3.63, 3.8) is 0 Å². The zero-order chi connectivity index (χ0) is 15.1. The van der Waals surface area contributed by atoms with Gasteiger partial charge in [0.1, 0.15) is 5.75 Å². The Bertz CT molecular complexity index is 823. The zero-order valence-electron chi connectivity index (χ0n) is 12.4. The molecular formula is C18H18ClN2O+. The first-order valence-corrected chi connectivity index (χ1v) is 7.91. The molecule has 0 saturated carbocycles. The smallest absolute Gasteiger partial charge is 0.153 e. The second-order valence-corrected chi connectivity index (χ2v) is 6.17. The molecule has 4 heteroatoms. The molecular weight excluding hydrogens is 296 g/mol. The van der Waals surface area contributed by atoms with E-state index in [1.54, 1.807) is 7.11 Å². The SMILES string of the molecule is COc1ccc2[nH]c3c(c2c1)CC[NH2+][C@H]3c1ccc(Cl)cc1. The van der Waals surface area contributed by atoms with Gasteiger partial charge in [-0.1, -0.05) is 23.7 Å². The minimum absolute atomic E-state index is 0.305. The number of aromatic amines is 1. The van der Waals surface area contributed by atoms with Crippen LogP contribution in [-0.2, 0) is 6.42 Å². The van der Waals surface area contributed by atoms with Crippen LogP contribution in [0, 0.1) is 0 Å². The second kappa shape index (κ2) is 5.34. The maximum absolute atomic E-state index is 6.02. The van der Waals surface area contributed by atoms with E-state index in [4.69, 9.17) is 16.3 Å². The molecule has 0 bridgehead atoms. The van der Waals surface area contributed by atoms with E-state index in [0.29, 0.717) is 6.04 Å². The maximum atomic E-state index is 6.02. The van der Waals surface area contributed by atoms with Crippen LogP contribution in [0.4, 0.5) is 0 Å². The second-order valence-electron chi connectivity index (χ2n) is 5.73. The van der Waals surface area contributed by atoms with Gasteiger partial charge in [0.25, 0.3) is 0 Å². The van der Waals surface area contributed by atoms with Gasteiger partial charge in [0.2, 0.25) is 0 Å². The standard InChI is InChI=1S/C18H17ClN2O/c1-22-13-6-7-16-15(10-13)14-8-9-20-17(18(14)21-16)11-2-4-12(19)5-3-11/h2-7,10,17,20-21H,8-9H2,1H3/p+1/t17-/m0/s1. The molecule has 3 aromatic rings. The molecule has 2 heterocycles. The molecule has 22 heavy (non-hydrogen) atoms. The van der Waals surface area contributed by atoms with Gasteiger partial charge >= 0.3 is 0 Å². The highest BCUT2D eigenvalue weighted by atomic mass is 35.5. The Balaban J connectivity index is 1.85. The van der Waals surface area contributed by atoms with Gasteiger partial charge in [0, 0.05) is 27.9 Å². The number of fused-ring (bicyclic) bond motifs is 3. The molecule has 4 rings (SSSR count). The Morgan fingerprint density at radius 3 is 2.77 bits per heavy atom. The normalized spacial score (nSPS) is 17.5. The van der Waals surface area contributed by atoms with E-state index in [2.05, 4.69) is 34.6 Å². The third kappa shape index (κ3) is 2.18. The maximum Gasteiger partial charge on any atom is 0.153 e. The van der Waals surface area contributed by atoms with Gasteiger partial charge in [0.05, 0.1) is 19.3 Å². The molecule has 3 nitrogen and oxygen atoms in total. The fourth-order valence-corrected chi connectivity index (χ4v) is 3.52. The van der Waals surface area contributed by atoms with Crippen molar-refractivity contribution in [1.29, 1.82) is 0 Å². The molecule has 0 saturated heterocycles. The lowest BCUT2D eigenvalue weighted by Crippen LogP contribution is -2.87. The van der Waals surface area contributed by atoms with E-state index in [1.165, 1.54) is 27.7 Å². The van der Waals surface area contributed by atoms with Crippen LogP contribution in [-0.4, -0.2) is 18.6 Å². The topological polar surface area (TPSA) is 41.6 Å². The van der Waals surface area contributed by atoms with Gasteiger partial charge in [-0.05, 0) is 35.9 Å². The van der Waals surface area contributed by atoms with Crippen LogP contribution in [0.3, 0.4) is 0 Å². The first kappa shape index (κ1) is 13.7. The molecule has 0 fully saturated rings. The lowest BCUT2D eigenvalue weighted by Gasteiger charge is -2.21. The average molecular weight is 314 g/mol. The van der Waals surface area contributed by atoms with E-state index in [9.17, 15) is 0 Å². The summed E-state index contributed by atoms with van der Waals surface area (Å²) >= 11 is 6.02. The first-order valence-electron chi connectivity index (χ1n) is 7.53. The van der Waals surface area contributed by atoms with Crippen molar-refractivity contribution >= 4 is 22.5 Å². The van der Waals surface area contributed by atoms with Gasteiger partial charge in [-0.25, -0.2) is 0 Å². The van der Waals surface area contributed by atoms with Crippen molar-refractivity contribution in [2.45, 2.75) is 12.5 Å². The van der Waals surface area contributed by atoms with Crippen molar-refractivity contribution in [3.05, 3.63) is 64.3 Å². The summed E-state index contributed by atoms with van der Waals surface area (Å²) in [5.74, 6) is 0.909. The van der Waals surface area contributed by atoms with Crippen LogP contribution in [0.2, 0.25) is 5.02 Å². The Kier molecular flexibility index (Phi) is 3.32. The van der Waals surface area contributed by atoms with Crippen molar-refractivity contribution in [2.24, 2.45) is 0 Å². The summed E-state index contributed by atoms with van der Waals surface area (Å²) in [7, 11) is 1.71. The number of ether oxygens (including phenoxy) is 1. The molecule has 3 N–H and O–H groups in total. The summed E-state index contributed by atoms with van der Waals surface area (Å²) in [5, 5.41) is 4.45. The lowest BCUT2D eigenvalue weighted by atomic mass is 9.94. The number of rotatable bonds is 2. The molecule has 112 valence electrons. The minimum atomic E-state index is 0.305. The number of hydrogen-bond donors (Lipinski definition) is 2. The van der Waals surface area contributed by atoms with Gasteiger partial charge < -0.3 is 15.0 Å². The number of aromatic nitrogens is 1. The van der Waals surface area contributed by atoms with Gasteiger partial charge in [-0.15, -0.1) is 0 Å². The highest BCUT2D eigenvalue weighted by Crippen LogP contribution is 2.32. The van der Waals surface area contributed by atoms with Gasteiger partial charge in [-0.2, -0.15) is 0 Å². The average Bonchev–Trinajstić information content (AvgIpc) is 2.93. The van der Waals surface area contributed by atoms with Crippen LogP contribution in [0.25, 0.3) is 10.9 Å². The summed E-state index contributed by atoms with van der Waals surface area (Å²) in [6.07, 6.45) is 1.08. The number of hydrogen-bond acceptors (Lipinski definition) is 1. The van der Waals surface area contributed by atoms with E-state index >= 15 is 0 Å². The number of halogens is 1. The van der Waals surface area contributed by atoms with Crippen LogP contribution < -0.4 is 10.1 Å². The van der Waals surface area contributed by atoms with E-state index in [0.717, 1.165) is 23.7 Å². The van der Waals surface area contributed by atoms with Crippen molar-refractivity contribution in [3.8, 4) is 5.75 Å². The Labute approximate surface area is 134 Å². The Hall–Kier alpha value is -1.97. The summed E-state index contributed by atoms with van der Waals surface area (Å²) in [6, 6.07) is 14.7. The van der Waals surface area contributed by atoms with Crippen molar-refractivity contribution in [2.75, 3.05) is 13.7 Å². The number of benzene rings is 2. The van der Waals surface area contributed by atoms with Crippen LogP contribution in [0.1, 0.15) is 22.9 Å². The molecule has 0 spiro atoms. The van der Waals surface area contributed by atoms with Crippen molar-refractivity contribution in [1.82, 2.24) is 4.98 Å². The van der Waals surface area contributed by atoms with Gasteiger partial charge in [0.15, 0.2) is 6.04 Å². The Morgan fingerprint density at radius 1 is 1.18 bits per heavy atom. The van der Waals surface area contributed by atoms with E-state index < -0.39 is 0 Å². The molecule has 0 aliphatic carbocycles. The number of methoxy groups -OCH3 is 1. The summed E-state index contributed by atoms with van der Waals surface area (Å²) in [4.78, 5) is 3.61. The highest BCUT2D eigenvalue weighted by Gasteiger charge is 2.28. The quantitative estimate of drug-likeness (QED) is 0.750. The fourth-order valence-electron chi connectivity index (χ4n) is 3.39. The number of nitrogens with two attached hydrogens (primary N) is 1. The number of nitrogens with one attached hydrogen (secondary N) is 1. The van der Waals surface area contributed by atoms with E-state index in [1.807, 2.05) is 18.2 Å². The molecule has 0 amide bonds. The highest BCUT2D eigenvalue weighted by molar-refractivity contribution is 6.30.